The molecule has 2 rings (SSSR count). The van der Waals surface area contributed by atoms with Crippen molar-refractivity contribution in [1.82, 2.24) is 5.32 Å². The zero-order valence-corrected chi connectivity index (χ0v) is 13.8. The molecule has 0 atom stereocenters. The molecule has 0 spiro atoms. The summed E-state index contributed by atoms with van der Waals surface area (Å²) < 4.78 is 5.25. The van der Waals surface area contributed by atoms with Crippen LogP contribution >= 0.6 is 11.6 Å². The highest BCUT2D eigenvalue weighted by Crippen LogP contribution is 2.27. The van der Waals surface area contributed by atoms with Crippen molar-refractivity contribution in [3.05, 3.63) is 28.8 Å². The lowest BCUT2D eigenvalue weighted by Gasteiger charge is -2.23. The Morgan fingerprint density at radius 2 is 1.87 bits per heavy atom. The standard InChI is InChI=1S/C15H20ClNO2.CH2O3/c1-19-14-9-5-8-13(16)12(14)10-15(18)17-11-6-3-2-4-7-11;2-1(3)4/h5,8-9,11H,2-4,6-7,10H2,1H3,(H,17,18);(H2,2,3,4). The molecule has 7 heteroatoms. The summed E-state index contributed by atoms with van der Waals surface area (Å²) in [4.78, 5) is 20.6. The molecule has 0 bridgehead atoms. The molecular weight excluding hydrogens is 322 g/mol. The van der Waals surface area contributed by atoms with E-state index in [0.29, 0.717) is 16.8 Å². The van der Waals surface area contributed by atoms with Crippen LogP contribution in [0.1, 0.15) is 37.7 Å². The number of hydrogen-bond donors (Lipinski definition) is 3. The minimum absolute atomic E-state index is 0.0262. The Labute approximate surface area is 140 Å². The van der Waals surface area contributed by atoms with Gasteiger partial charge in [0.15, 0.2) is 0 Å². The summed E-state index contributed by atoms with van der Waals surface area (Å²) in [6.07, 6.45) is 4.32. The second-order valence-electron chi connectivity index (χ2n) is 5.28. The molecule has 1 amide bonds. The number of methoxy groups -OCH3 is 1. The van der Waals surface area contributed by atoms with Gasteiger partial charge in [0.1, 0.15) is 5.75 Å². The highest BCUT2D eigenvalue weighted by Gasteiger charge is 2.18. The lowest BCUT2D eigenvalue weighted by atomic mass is 9.95. The topological polar surface area (TPSA) is 95.9 Å². The van der Waals surface area contributed by atoms with Gasteiger partial charge in [-0.1, -0.05) is 36.9 Å². The number of carbonyl (C=O) groups is 2. The van der Waals surface area contributed by atoms with Gasteiger partial charge in [-0.15, -0.1) is 0 Å². The lowest BCUT2D eigenvalue weighted by Crippen LogP contribution is -2.37. The van der Waals surface area contributed by atoms with Crippen molar-refractivity contribution in [3.8, 4) is 5.75 Å². The van der Waals surface area contributed by atoms with Crippen LogP contribution in [0, 0.1) is 0 Å². The van der Waals surface area contributed by atoms with Crippen LogP contribution in [0.4, 0.5) is 4.79 Å². The van der Waals surface area contributed by atoms with E-state index in [-0.39, 0.29) is 12.3 Å². The van der Waals surface area contributed by atoms with Gasteiger partial charge >= 0.3 is 6.16 Å². The summed E-state index contributed by atoms with van der Waals surface area (Å²) in [5.74, 6) is 0.699. The van der Waals surface area contributed by atoms with E-state index in [2.05, 4.69) is 5.32 Å². The predicted molar refractivity (Wildman–Crippen MR) is 87.4 cm³/mol. The molecule has 128 valence electrons. The van der Waals surface area contributed by atoms with Crippen molar-refractivity contribution in [1.29, 1.82) is 0 Å². The van der Waals surface area contributed by atoms with E-state index in [9.17, 15) is 4.79 Å². The van der Waals surface area contributed by atoms with Crippen molar-refractivity contribution in [2.45, 2.75) is 44.6 Å². The smallest absolute Gasteiger partial charge is 0.496 e. The van der Waals surface area contributed by atoms with Crippen LogP contribution in [0.25, 0.3) is 0 Å². The number of nitrogens with one attached hydrogen (secondary N) is 1. The maximum absolute atomic E-state index is 12.1. The third kappa shape index (κ3) is 7.23. The molecule has 1 aromatic carbocycles. The highest BCUT2D eigenvalue weighted by atomic mass is 35.5. The van der Waals surface area contributed by atoms with Crippen molar-refractivity contribution < 1.29 is 24.5 Å². The van der Waals surface area contributed by atoms with Crippen molar-refractivity contribution in [2.24, 2.45) is 0 Å². The van der Waals surface area contributed by atoms with Crippen LogP contribution in [0.15, 0.2) is 18.2 Å². The third-order valence-electron chi connectivity index (χ3n) is 3.60. The van der Waals surface area contributed by atoms with Crippen molar-refractivity contribution >= 4 is 23.7 Å². The molecule has 0 unspecified atom stereocenters. The average molecular weight is 344 g/mol. The zero-order valence-electron chi connectivity index (χ0n) is 13.0. The Kier molecular flexibility index (Phi) is 8.26. The van der Waals surface area contributed by atoms with E-state index < -0.39 is 6.16 Å². The molecule has 1 saturated carbocycles. The maximum atomic E-state index is 12.1. The van der Waals surface area contributed by atoms with Crippen LogP contribution in [0.3, 0.4) is 0 Å². The van der Waals surface area contributed by atoms with E-state index >= 15 is 0 Å². The third-order valence-corrected chi connectivity index (χ3v) is 3.96. The maximum Gasteiger partial charge on any atom is 0.503 e. The molecular formula is C16H22ClNO5. The van der Waals surface area contributed by atoms with E-state index in [1.54, 1.807) is 13.2 Å². The summed E-state index contributed by atoms with van der Waals surface area (Å²) in [6, 6.07) is 5.77. The first-order valence-corrected chi connectivity index (χ1v) is 7.84. The van der Waals surface area contributed by atoms with Crippen LogP contribution in [0.2, 0.25) is 5.02 Å². The van der Waals surface area contributed by atoms with Gasteiger partial charge in [-0.3, -0.25) is 4.79 Å². The Hall–Kier alpha value is -1.95. The summed E-state index contributed by atoms with van der Waals surface area (Å²) >= 11 is 6.13. The number of carboxylic acid groups (broad SMARTS) is 2. The van der Waals surface area contributed by atoms with E-state index in [4.69, 9.17) is 31.3 Å². The lowest BCUT2D eigenvalue weighted by molar-refractivity contribution is -0.121. The predicted octanol–water partition coefficient (Wildman–Crippen LogP) is 3.56. The average Bonchev–Trinajstić information content (AvgIpc) is 2.49. The quantitative estimate of drug-likeness (QED) is 0.776. The molecule has 0 saturated heterocycles. The summed E-state index contributed by atoms with van der Waals surface area (Å²) in [5, 5.41) is 17.6. The molecule has 0 radical (unpaired) electrons. The molecule has 6 nitrogen and oxygen atoms in total. The molecule has 1 fully saturated rings. The minimum atomic E-state index is -1.83. The van der Waals surface area contributed by atoms with E-state index in [1.807, 2.05) is 12.1 Å². The van der Waals surface area contributed by atoms with E-state index in [1.165, 1.54) is 19.3 Å². The Bertz CT molecular complexity index is 525. The van der Waals surface area contributed by atoms with Gasteiger partial charge in [0.25, 0.3) is 0 Å². The van der Waals surface area contributed by atoms with Crippen LogP contribution < -0.4 is 10.1 Å². The molecule has 1 aliphatic carbocycles. The first-order chi connectivity index (χ1) is 10.9. The van der Waals surface area contributed by atoms with Crippen molar-refractivity contribution in [3.63, 3.8) is 0 Å². The van der Waals surface area contributed by atoms with Gasteiger partial charge in [0.2, 0.25) is 5.91 Å². The van der Waals surface area contributed by atoms with Crippen molar-refractivity contribution in [2.75, 3.05) is 7.11 Å². The Balaban J connectivity index is 0.000000593. The van der Waals surface area contributed by atoms with Gasteiger partial charge in [0, 0.05) is 16.6 Å². The van der Waals surface area contributed by atoms with Crippen LogP contribution in [-0.2, 0) is 11.2 Å². The first kappa shape index (κ1) is 19.1. The second-order valence-corrected chi connectivity index (χ2v) is 5.69. The fraction of sp³-hybridized carbons (Fsp3) is 0.500. The monoisotopic (exact) mass is 343 g/mol. The fourth-order valence-corrected chi connectivity index (χ4v) is 2.82. The van der Waals surface area contributed by atoms with Crippen LogP contribution in [-0.4, -0.2) is 35.4 Å². The number of benzene rings is 1. The number of amides is 1. The highest BCUT2D eigenvalue weighted by molar-refractivity contribution is 6.31. The van der Waals surface area contributed by atoms with Gasteiger partial charge in [-0.05, 0) is 25.0 Å². The van der Waals surface area contributed by atoms with Gasteiger partial charge in [0.05, 0.1) is 13.5 Å². The number of hydrogen-bond acceptors (Lipinski definition) is 3. The summed E-state index contributed by atoms with van der Waals surface area (Å²) in [5.41, 5.74) is 0.764. The molecule has 1 aromatic rings. The van der Waals surface area contributed by atoms with Gasteiger partial charge in [-0.25, -0.2) is 4.79 Å². The zero-order chi connectivity index (χ0) is 17.2. The Morgan fingerprint density at radius 1 is 1.26 bits per heavy atom. The minimum Gasteiger partial charge on any atom is -0.496 e. The SMILES string of the molecule is COc1cccc(Cl)c1CC(=O)NC1CCCCC1.O=C(O)O. The molecule has 0 aromatic heterocycles. The molecule has 0 heterocycles. The molecule has 0 aliphatic heterocycles. The normalized spacial score (nSPS) is 14.3. The van der Waals surface area contributed by atoms with Gasteiger partial charge < -0.3 is 20.3 Å². The molecule has 23 heavy (non-hydrogen) atoms. The molecule has 1 aliphatic rings. The Morgan fingerprint density at radius 3 is 2.43 bits per heavy atom. The number of carbonyl (C=O) groups excluding carboxylic acids is 1. The van der Waals surface area contributed by atoms with Gasteiger partial charge in [-0.2, -0.15) is 0 Å². The summed E-state index contributed by atoms with van der Waals surface area (Å²) in [6.45, 7) is 0. The largest absolute Gasteiger partial charge is 0.503 e. The first-order valence-electron chi connectivity index (χ1n) is 7.46. The number of rotatable bonds is 4. The second kappa shape index (κ2) is 9.94. The van der Waals surface area contributed by atoms with Crippen LogP contribution in [0.5, 0.6) is 5.75 Å². The summed E-state index contributed by atoms with van der Waals surface area (Å²) in [7, 11) is 1.59. The fourth-order valence-electron chi connectivity index (χ4n) is 2.59. The molecule has 3 N–H and O–H groups in total. The number of halogens is 1. The number of ether oxygens (including phenoxy) is 1. The van der Waals surface area contributed by atoms with E-state index in [0.717, 1.165) is 18.4 Å².